The molecule has 0 aromatic rings. The Morgan fingerprint density at radius 1 is 1.22 bits per heavy atom. The summed E-state index contributed by atoms with van der Waals surface area (Å²) in [6, 6.07) is 0. The molecule has 1 heterocycles. The maximum Gasteiger partial charge on any atom is 0.407 e. The van der Waals surface area contributed by atoms with Gasteiger partial charge in [-0.1, -0.05) is 0 Å². The first-order valence-corrected chi connectivity index (χ1v) is 11.3. The Hall–Kier alpha value is -0.900. The van der Waals surface area contributed by atoms with Crippen molar-refractivity contribution < 1.29 is 31.6 Å². The molecule has 27 heavy (non-hydrogen) atoms. The van der Waals surface area contributed by atoms with Crippen LogP contribution in [-0.2, 0) is 28.5 Å². The average molecular weight is 410 g/mol. The van der Waals surface area contributed by atoms with E-state index in [0.717, 1.165) is 25.5 Å². The zero-order chi connectivity index (χ0) is 20.7. The van der Waals surface area contributed by atoms with E-state index in [2.05, 4.69) is 5.32 Å². The Labute approximate surface area is 163 Å². The highest BCUT2D eigenvalue weighted by Gasteiger charge is 2.30. The lowest BCUT2D eigenvalue weighted by Gasteiger charge is -2.33. The smallest absolute Gasteiger partial charge is 0.407 e. The number of carbonyl (C=O) groups excluding carboxylic acids is 1. The van der Waals surface area contributed by atoms with E-state index in [1.807, 2.05) is 6.92 Å². The minimum Gasteiger partial charge on any atom is -0.444 e. The molecule has 0 aliphatic carbocycles. The van der Waals surface area contributed by atoms with Gasteiger partial charge in [0, 0.05) is 19.1 Å². The van der Waals surface area contributed by atoms with Crippen molar-refractivity contribution in [2.24, 2.45) is 5.92 Å². The summed E-state index contributed by atoms with van der Waals surface area (Å²) in [6.45, 7) is 9.92. The van der Waals surface area contributed by atoms with E-state index < -0.39 is 27.9 Å². The van der Waals surface area contributed by atoms with E-state index in [-0.39, 0.29) is 18.3 Å². The quantitative estimate of drug-likeness (QED) is 0.584. The molecule has 0 bridgehead atoms. The fourth-order valence-electron chi connectivity index (χ4n) is 3.01. The summed E-state index contributed by atoms with van der Waals surface area (Å²) in [5.41, 5.74) is -0.578. The fraction of sp³-hybridized carbons (Fsp3) is 0.944. The van der Waals surface area contributed by atoms with Gasteiger partial charge in [0.15, 0.2) is 6.29 Å². The minimum absolute atomic E-state index is 0.250. The number of hydrogen-bond acceptors (Lipinski definition) is 7. The molecule has 1 saturated heterocycles. The van der Waals surface area contributed by atoms with E-state index in [4.69, 9.17) is 18.4 Å². The Morgan fingerprint density at radius 2 is 1.89 bits per heavy atom. The molecule has 9 heteroatoms. The predicted molar refractivity (Wildman–Crippen MR) is 102 cm³/mol. The van der Waals surface area contributed by atoms with Gasteiger partial charge in [-0.25, -0.2) is 4.79 Å². The Morgan fingerprint density at radius 3 is 2.41 bits per heavy atom. The van der Waals surface area contributed by atoms with Crippen LogP contribution < -0.4 is 5.32 Å². The third-order valence-corrected chi connectivity index (χ3v) is 4.84. The molecule has 1 amide bonds. The van der Waals surface area contributed by atoms with Gasteiger partial charge in [-0.2, -0.15) is 8.42 Å². The fourth-order valence-corrected chi connectivity index (χ4v) is 3.71. The Kier molecular flexibility index (Phi) is 9.47. The molecule has 1 rings (SSSR count). The molecule has 160 valence electrons. The van der Waals surface area contributed by atoms with Crippen molar-refractivity contribution in [3.05, 3.63) is 0 Å². The molecule has 0 spiro atoms. The van der Waals surface area contributed by atoms with Gasteiger partial charge in [-0.05, 0) is 60.3 Å². The molecule has 1 aliphatic heterocycles. The predicted octanol–water partition coefficient (Wildman–Crippen LogP) is 2.81. The standard InChI is InChI=1S/C18H35NO7S/c1-13(24-16-9-7-8-12-23-16)15(14(2)26-27(6,21)22)10-11-19-17(20)25-18(3,4)5/h13-16H,7-12H2,1-6H3,(H,19,20). The van der Waals surface area contributed by atoms with E-state index in [0.29, 0.717) is 19.6 Å². The minimum atomic E-state index is -3.60. The molecular formula is C18H35NO7S. The molecule has 0 aromatic carbocycles. The first kappa shape index (κ1) is 24.1. The summed E-state index contributed by atoms with van der Waals surface area (Å²) < 4.78 is 45.0. The molecule has 0 radical (unpaired) electrons. The first-order chi connectivity index (χ1) is 12.4. The summed E-state index contributed by atoms with van der Waals surface area (Å²) in [5, 5.41) is 2.69. The van der Waals surface area contributed by atoms with Crippen LogP contribution in [0.1, 0.15) is 60.3 Å². The lowest BCUT2D eigenvalue weighted by Crippen LogP contribution is -2.40. The maximum atomic E-state index is 11.8. The topological polar surface area (TPSA) is 100 Å². The molecule has 4 unspecified atom stereocenters. The van der Waals surface area contributed by atoms with Crippen molar-refractivity contribution in [2.45, 2.75) is 84.4 Å². The summed E-state index contributed by atoms with van der Waals surface area (Å²) in [7, 11) is -3.60. The van der Waals surface area contributed by atoms with E-state index in [1.165, 1.54) is 0 Å². The molecule has 4 atom stereocenters. The van der Waals surface area contributed by atoms with Gasteiger partial charge in [-0.3, -0.25) is 4.18 Å². The van der Waals surface area contributed by atoms with E-state index in [1.54, 1.807) is 27.7 Å². The van der Waals surface area contributed by atoms with E-state index >= 15 is 0 Å². The second-order valence-corrected chi connectivity index (χ2v) is 9.62. The highest BCUT2D eigenvalue weighted by Crippen LogP contribution is 2.24. The van der Waals surface area contributed by atoms with E-state index in [9.17, 15) is 13.2 Å². The van der Waals surface area contributed by atoms with Crippen molar-refractivity contribution in [1.82, 2.24) is 5.32 Å². The van der Waals surface area contributed by atoms with Crippen LogP contribution in [0, 0.1) is 5.92 Å². The molecule has 8 nitrogen and oxygen atoms in total. The van der Waals surface area contributed by atoms with Crippen molar-refractivity contribution in [3.8, 4) is 0 Å². The number of nitrogens with one attached hydrogen (secondary N) is 1. The van der Waals surface area contributed by atoms with Crippen LogP contribution in [-0.4, -0.2) is 58.0 Å². The van der Waals surface area contributed by atoms with Crippen molar-refractivity contribution in [2.75, 3.05) is 19.4 Å². The van der Waals surface area contributed by atoms with Gasteiger partial charge in [-0.15, -0.1) is 0 Å². The number of ether oxygens (including phenoxy) is 3. The molecule has 1 fully saturated rings. The second kappa shape index (κ2) is 10.6. The van der Waals surface area contributed by atoms with Crippen molar-refractivity contribution in [3.63, 3.8) is 0 Å². The Bertz CT molecular complexity index is 553. The summed E-state index contributed by atoms with van der Waals surface area (Å²) in [4.78, 5) is 11.8. The van der Waals surface area contributed by atoms with Crippen LogP contribution >= 0.6 is 0 Å². The maximum absolute atomic E-state index is 11.8. The largest absolute Gasteiger partial charge is 0.444 e. The molecular weight excluding hydrogens is 374 g/mol. The summed E-state index contributed by atoms with van der Waals surface area (Å²) >= 11 is 0. The van der Waals surface area contributed by atoms with Gasteiger partial charge in [0.05, 0.1) is 18.5 Å². The molecule has 1 aliphatic rings. The first-order valence-electron chi connectivity index (χ1n) is 9.49. The number of rotatable bonds is 9. The highest BCUT2D eigenvalue weighted by molar-refractivity contribution is 7.86. The van der Waals surface area contributed by atoms with Crippen molar-refractivity contribution >= 4 is 16.2 Å². The van der Waals surface area contributed by atoms with Gasteiger partial charge < -0.3 is 19.5 Å². The van der Waals surface area contributed by atoms with Gasteiger partial charge in [0.25, 0.3) is 10.1 Å². The normalized spacial score (nSPS) is 21.9. The molecule has 1 N–H and O–H groups in total. The average Bonchev–Trinajstić information content (AvgIpc) is 2.48. The van der Waals surface area contributed by atoms with Crippen molar-refractivity contribution in [1.29, 1.82) is 0 Å². The van der Waals surface area contributed by atoms with Crippen LogP contribution in [0.3, 0.4) is 0 Å². The number of carbonyl (C=O) groups is 1. The highest BCUT2D eigenvalue weighted by atomic mass is 32.2. The second-order valence-electron chi connectivity index (χ2n) is 8.02. The lowest BCUT2D eigenvalue weighted by atomic mass is 9.94. The zero-order valence-corrected chi connectivity index (χ0v) is 18.1. The molecule has 0 saturated carbocycles. The van der Waals surface area contributed by atoms with Gasteiger partial charge >= 0.3 is 6.09 Å². The molecule has 0 aromatic heterocycles. The number of amides is 1. The third-order valence-electron chi connectivity index (χ3n) is 4.18. The number of hydrogen-bond donors (Lipinski definition) is 1. The van der Waals surface area contributed by atoms with Crippen LogP contribution in [0.15, 0.2) is 0 Å². The third kappa shape index (κ3) is 10.9. The van der Waals surface area contributed by atoms with Gasteiger partial charge in [0.2, 0.25) is 0 Å². The van der Waals surface area contributed by atoms with Crippen LogP contribution in [0.2, 0.25) is 0 Å². The lowest BCUT2D eigenvalue weighted by molar-refractivity contribution is -0.199. The van der Waals surface area contributed by atoms with Crippen LogP contribution in [0.4, 0.5) is 4.79 Å². The monoisotopic (exact) mass is 409 g/mol. The summed E-state index contributed by atoms with van der Waals surface area (Å²) in [5.74, 6) is -0.250. The SMILES string of the molecule is CC(OC1CCCCO1)C(CCNC(=O)OC(C)(C)C)C(C)OS(C)(=O)=O. The van der Waals surface area contributed by atoms with Gasteiger partial charge in [0.1, 0.15) is 5.60 Å². The zero-order valence-electron chi connectivity index (χ0n) is 17.3. The Balaban J connectivity index is 2.64. The summed E-state index contributed by atoms with van der Waals surface area (Å²) in [6.07, 6.45) is 2.67. The number of alkyl carbamates (subject to hydrolysis) is 1. The van der Waals surface area contributed by atoms with Crippen LogP contribution in [0.5, 0.6) is 0 Å². The van der Waals surface area contributed by atoms with Crippen LogP contribution in [0.25, 0.3) is 0 Å².